The van der Waals surface area contributed by atoms with Crippen molar-refractivity contribution in [1.29, 1.82) is 0 Å². The van der Waals surface area contributed by atoms with Crippen LogP contribution in [0.25, 0.3) is 0 Å². The van der Waals surface area contributed by atoms with Gasteiger partial charge in [0.2, 0.25) is 0 Å². The van der Waals surface area contributed by atoms with Crippen LogP contribution >= 0.6 is 34.2 Å². The monoisotopic (exact) mass is 334 g/mol. The van der Waals surface area contributed by atoms with Crippen LogP contribution in [0.3, 0.4) is 0 Å². The summed E-state index contributed by atoms with van der Waals surface area (Å²) < 4.78 is 24.7. The van der Waals surface area contributed by atoms with Gasteiger partial charge in [-0.1, -0.05) is 11.6 Å². The minimum Gasteiger partial charge on any atom is -0.258 e. The van der Waals surface area contributed by atoms with Gasteiger partial charge < -0.3 is 0 Å². The molecule has 14 heavy (non-hydrogen) atoms. The van der Waals surface area contributed by atoms with E-state index in [1.165, 1.54) is 0 Å². The third kappa shape index (κ3) is 2.27. The maximum Gasteiger partial charge on any atom is 0.298 e. The molecule has 1 aromatic heterocycles. The van der Waals surface area contributed by atoms with Crippen molar-refractivity contribution in [3.63, 3.8) is 0 Å². The first-order valence-electron chi connectivity index (χ1n) is 3.22. The van der Waals surface area contributed by atoms with Gasteiger partial charge in [-0.05, 0) is 22.6 Å². The van der Waals surface area contributed by atoms with Crippen molar-refractivity contribution in [3.8, 4) is 0 Å². The van der Waals surface area contributed by atoms with Crippen LogP contribution in [0.5, 0.6) is 0 Å². The maximum absolute atomic E-state index is 12.3. The van der Waals surface area contributed by atoms with Crippen LogP contribution in [-0.2, 0) is 0 Å². The van der Waals surface area contributed by atoms with Gasteiger partial charge in [-0.15, -0.1) is 0 Å². The number of alkyl halides is 2. The summed E-state index contributed by atoms with van der Waals surface area (Å²) in [6.45, 7) is 0. The van der Waals surface area contributed by atoms with E-state index >= 15 is 0 Å². The van der Waals surface area contributed by atoms with E-state index in [1.807, 2.05) is 0 Å². The van der Waals surface area contributed by atoms with Crippen molar-refractivity contribution in [2.45, 2.75) is 6.43 Å². The van der Waals surface area contributed by atoms with Crippen LogP contribution in [0.1, 0.15) is 12.1 Å². The number of halogens is 4. The van der Waals surface area contributed by atoms with Gasteiger partial charge in [0.15, 0.2) is 5.69 Å². The molecule has 0 saturated heterocycles. The van der Waals surface area contributed by atoms with Crippen LogP contribution in [0.2, 0.25) is 5.02 Å². The minimum atomic E-state index is -2.99. The molecule has 1 aromatic rings. The summed E-state index contributed by atoms with van der Waals surface area (Å²) in [4.78, 5) is 12.8. The van der Waals surface area contributed by atoms with E-state index in [2.05, 4.69) is 4.98 Å². The largest absolute Gasteiger partial charge is 0.298 e. The lowest BCUT2D eigenvalue weighted by atomic mass is 10.3. The fraction of sp³-hybridized carbons (Fsp3) is 0.167. The molecule has 0 aliphatic heterocycles. The predicted octanol–water partition coefficient (Wildman–Crippen LogP) is 3.19. The second kappa shape index (κ2) is 4.30. The van der Waals surface area contributed by atoms with E-state index in [4.69, 9.17) is 11.6 Å². The molecular formula is C6H2ClF2IN2O2. The lowest BCUT2D eigenvalue weighted by Crippen LogP contribution is -2.01. The molecule has 1 heterocycles. The summed E-state index contributed by atoms with van der Waals surface area (Å²) in [7, 11) is 0. The highest BCUT2D eigenvalue weighted by Gasteiger charge is 2.25. The molecule has 0 saturated carbocycles. The van der Waals surface area contributed by atoms with Gasteiger partial charge in [-0.2, -0.15) is 0 Å². The number of hydrogen-bond donors (Lipinski definition) is 0. The van der Waals surface area contributed by atoms with E-state index in [0.29, 0.717) is 0 Å². The average Bonchev–Trinajstić information content (AvgIpc) is 2.08. The van der Waals surface area contributed by atoms with Crippen LogP contribution in [0.15, 0.2) is 6.07 Å². The lowest BCUT2D eigenvalue weighted by molar-refractivity contribution is -0.386. The summed E-state index contributed by atoms with van der Waals surface area (Å²) in [6, 6.07) is 0.873. The molecule has 0 unspecified atom stereocenters. The highest BCUT2D eigenvalue weighted by atomic mass is 127. The molecule has 8 heteroatoms. The van der Waals surface area contributed by atoms with E-state index in [1.54, 1.807) is 22.6 Å². The van der Waals surface area contributed by atoms with Crippen molar-refractivity contribution < 1.29 is 13.7 Å². The zero-order valence-electron chi connectivity index (χ0n) is 6.38. The molecule has 0 aliphatic carbocycles. The average molecular weight is 334 g/mol. The lowest BCUT2D eigenvalue weighted by Gasteiger charge is -2.02. The van der Waals surface area contributed by atoms with E-state index in [0.717, 1.165) is 6.07 Å². The molecule has 4 nitrogen and oxygen atoms in total. The van der Waals surface area contributed by atoms with Gasteiger partial charge in [0, 0.05) is 6.07 Å². The fourth-order valence-corrected chi connectivity index (χ4v) is 1.34. The molecule has 0 radical (unpaired) electrons. The molecule has 0 amide bonds. The summed E-state index contributed by atoms with van der Waals surface area (Å²) in [6.07, 6.45) is -2.99. The zero-order chi connectivity index (χ0) is 10.9. The van der Waals surface area contributed by atoms with Crippen LogP contribution in [0.4, 0.5) is 14.5 Å². The Labute approximate surface area is 95.6 Å². The molecule has 0 aliphatic rings. The first-order valence-corrected chi connectivity index (χ1v) is 4.67. The van der Waals surface area contributed by atoms with Gasteiger partial charge in [0.05, 0.1) is 9.95 Å². The SMILES string of the molecule is O=[N+]([O-])c1cc(Cl)c(I)nc1C(F)F. The molecule has 0 bridgehead atoms. The molecule has 0 spiro atoms. The number of aromatic nitrogens is 1. The number of pyridine rings is 1. The second-order valence-electron chi connectivity index (χ2n) is 2.22. The third-order valence-corrected chi connectivity index (χ3v) is 2.77. The Balaban J connectivity index is 3.39. The van der Waals surface area contributed by atoms with E-state index in [-0.39, 0.29) is 8.72 Å². The quantitative estimate of drug-likeness (QED) is 0.361. The molecular weight excluding hydrogens is 332 g/mol. The summed E-state index contributed by atoms with van der Waals surface area (Å²) in [5, 5.41) is 10.3. The Hall–Kier alpha value is -0.570. The van der Waals surface area contributed by atoms with Crippen LogP contribution in [0, 0.1) is 13.8 Å². The topological polar surface area (TPSA) is 56.0 Å². The minimum absolute atomic E-state index is 0.0123. The van der Waals surface area contributed by atoms with Gasteiger partial charge in [-0.3, -0.25) is 10.1 Å². The number of nitrogens with zero attached hydrogens (tertiary/aromatic N) is 2. The molecule has 0 atom stereocenters. The van der Waals surface area contributed by atoms with Gasteiger partial charge in [0.1, 0.15) is 3.70 Å². The van der Waals surface area contributed by atoms with Crippen molar-refractivity contribution >= 4 is 39.9 Å². The second-order valence-corrected chi connectivity index (χ2v) is 3.65. The maximum atomic E-state index is 12.3. The highest BCUT2D eigenvalue weighted by Crippen LogP contribution is 2.31. The zero-order valence-corrected chi connectivity index (χ0v) is 9.29. The van der Waals surface area contributed by atoms with Gasteiger partial charge in [-0.25, -0.2) is 13.8 Å². The molecule has 1 rings (SSSR count). The van der Waals surface area contributed by atoms with Crippen LogP contribution in [-0.4, -0.2) is 9.91 Å². The molecule has 76 valence electrons. The standard InChI is InChI=1S/C6H2ClF2IN2O2/c7-2-1-3(12(13)14)4(5(8)9)11-6(2)10/h1,5H. The highest BCUT2D eigenvalue weighted by molar-refractivity contribution is 14.1. The predicted molar refractivity (Wildman–Crippen MR) is 53.6 cm³/mol. The number of hydrogen-bond acceptors (Lipinski definition) is 3. The normalized spacial score (nSPS) is 10.6. The smallest absolute Gasteiger partial charge is 0.258 e. The fourth-order valence-electron chi connectivity index (χ4n) is 0.777. The van der Waals surface area contributed by atoms with E-state index < -0.39 is 22.7 Å². The Morgan fingerprint density at radius 3 is 2.64 bits per heavy atom. The Morgan fingerprint density at radius 1 is 1.64 bits per heavy atom. The Morgan fingerprint density at radius 2 is 2.21 bits per heavy atom. The van der Waals surface area contributed by atoms with Gasteiger partial charge in [0.25, 0.3) is 12.1 Å². The summed E-state index contributed by atoms with van der Waals surface area (Å²) in [5.74, 6) is 0. The molecule has 0 fully saturated rings. The molecule has 0 N–H and O–H groups in total. The number of nitro groups is 1. The first-order chi connectivity index (χ1) is 6.43. The Bertz CT molecular complexity index is 388. The Kier molecular flexibility index (Phi) is 3.53. The third-order valence-electron chi connectivity index (χ3n) is 1.34. The van der Waals surface area contributed by atoms with Crippen molar-refractivity contribution in [3.05, 3.63) is 30.6 Å². The van der Waals surface area contributed by atoms with Crippen molar-refractivity contribution in [1.82, 2.24) is 4.98 Å². The number of rotatable bonds is 2. The van der Waals surface area contributed by atoms with E-state index in [9.17, 15) is 18.9 Å². The van der Waals surface area contributed by atoms with Crippen molar-refractivity contribution in [2.24, 2.45) is 0 Å². The van der Waals surface area contributed by atoms with Gasteiger partial charge >= 0.3 is 0 Å². The van der Waals surface area contributed by atoms with Crippen LogP contribution < -0.4 is 0 Å². The first kappa shape index (κ1) is 11.5. The summed E-state index contributed by atoms with van der Waals surface area (Å²) in [5.41, 5.74) is -1.62. The van der Waals surface area contributed by atoms with Crippen molar-refractivity contribution in [2.75, 3.05) is 0 Å². The summed E-state index contributed by atoms with van der Waals surface area (Å²) >= 11 is 7.14. The molecule has 0 aromatic carbocycles.